The van der Waals surface area contributed by atoms with E-state index >= 15 is 0 Å². The fourth-order valence-electron chi connectivity index (χ4n) is 3.29. The normalized spacial score (nSPS) is 13.3. The second-order valence-electron chi connectivity index (χ2n) is 7.13. The lowest BCUT2D eigenvalue weighted by atomic mass is 10.1. The number of hydrogen-bond donors (Lipinski definition) is 3. The van der Waals surface area contributed by atoms with Crippen molar-refractivity contribution in [1.29, 1.82) is 0 Å². The highest BCUT2D eigenvalue weighted by molar-refractivity contribution is 6.04. The van der Waals surface area contributed by atoms with Crippen molar-refractivity contribution in [3.63, 3.8) is 0 Å². The quantitative estimate of drug-likeness (QED) is 0.696. The molecule has 3 N–H and O–H groups in total. The molecule has 0 aromatic heterocycles. The minimum Gasteiger partial charge on any atom is -0.371 e. The van der Waals surface area contributed by atoms with Gasteiger partial charge in [0.05, 0.1) is 5.56 Å². The number of nitrogens with zero attached hydrogens (tertiary/aromatic N) is 1. The standard InChI is InChI=1S/C22H28N4O2/c1-3-12-23-21(27)19-15-18(10-11-20(19)26-13-4-5-14-26)25-22(28)24-17-8-6-16(2)7-9-17/h6-11,15H,3-5,12-14H2,1-2H3,(H,23,27)(H2,24,25,28). The molecule has 6 heteroatoms. The first-order valence-corrected chi connectivity index (χ1v) is 9.88. The first-order valence-electron chi connectivity index (χ1n) is 9.88. The number of aryl methyl sites for hydroxylation is 1. The van der Waals surface area contributed by atoms with Crippen LogP contribution in [0.1, 0.15) is 42.1 Å². The maximum Gasteiger partial charge on any atom is 0.323 e. The maximum atomic E-state index is 12.7. The number of urea groups is 1. The van der Waals surface area contributed by atoms with Gasteiger partial charge in [-0.1, -0.05) is 24.6 Å². The highest BCUT2D eigenvalue weighted by Gasteiger charge is 2.20. The average molecular weight is 380 g/mol. The highest BCUT2D eigenvalue weighted by Crippen LogP contribution is 2.27. The van der Waals surface area contributed by atoms with E-state index in [0.717, 1.165) is 49.3 Å². The molecule has 0 saturated carbocycles. The van der Waals surface area contributed by atoms with Crippen molar-refractivity contribution >= 4 is 29.0 Å². The van der Waals surface area contributed by atoms with Crippen LogP contribution < -0.4 is 20.9 Å². The largest absolute Gasteiger partial charge is 0.371 e. The molecule has 1 heterocycles. The van der Waals surface area contributed by atoms with Gasteiger partial charge in [-0.25, -0.2) is 4.79 Å². The molecule has 1 aliphatic rings. The monoisotopic (exact) mass is 380 g/mol. The van der Waals surface area contributed by atoms with Crippen LogP contribution in [0.2, 0.25) is 0 Å². The van der Waals surface area contributed by atoms with Gasteiger partial charge in [0, 0.05) is 36.7 Å². The van der Waals surface area contributed by atoms with Gasteiger partial charge in [0.1, 0.15) is 0 Å². The van der Waals surface area contributed by atoms with Crippen molar-refractivity contribution in [2.75, 3.05) is 35.2 Å². The molecule has 6 nitrogen and oxygen atoms in total. The molecule has 28 heavy (non-hydrogen) atoms. The van der Waals surface area contributed by atoms with Gasteiger partial charge in [0.2, 0.25) is 0 Å². The number of amides is 3. The molecule has 3 amide bonds. The van der Waals surface area contributed by atoms with E-state index in [2.05, 4.69) is 20.9 Å². The summed E-state index contributed by atoms with van der Waals surface area (Å²) in [5.74, 6) is -0.105. The smallest absolute Gasteiger partial charge is 0.323 e. The molecule has 0 bridgehead atoms. The molecule has 2 aromatic rings. The van der Waals surface area contributed by atoms with Crippen LogP contribution in [0.5, 0.6) is 0 Å². The molecule has 0 spiro atoms. The summed E-state index contributed by atoms with van der Waals surface area (Å²) in [5, 5.41) is 8.58. The molecule has 0 aliphatic carbocycles. The first-order chi connectivity index (χ1) is 13.6. The molecular formula is C22H28N4O2. The Hall–Kier alpha value is -3.02. The minimum atomic E-state index is -0.335. The van der Waals surface area contributed by atoms with Crippen LogP contribution in [0.15, 0.2) is 42.5 Å². The molecule has 0 radical (unpaired) electrons. The predicted octanol–water partition coefficient (Wildman–Crippen LogP) is 4.38. The molecule has 148 valence electrons. The van der Waals surface area contributed by atoms with Crippen LogP contribution in [-0.4, -0.2) is 31.6 Å². The maximum absolute atomic E-state index is 12.7. The fourth-order valence-corrected chi connectivity index (χ4v) is 3.29. The molecule has 0 atom stereocenters. The van der Waals surface area contributed by atoms with Crippen LogP contribution in [0, 0.1) is 6.92 Å². The Morgan fingerprint density at radius 2 is 1.61 bits per heavy atom. The minimum absolute atomic E-state index is 0.105. The third-order valence-corrected chi connectivity index (χ3v) is 4.79. The number of benzene rings is 2. The van der Waals surface area contributed by atoms with Crippen molar-refractivity contribution in [2.24, 2.45) is 0 Å². The zero-order chi connectivity index (χ0) is 19.9. The van der Waals surface area contributed by atoms with Gasteiger partial charge in [-0.15, -0.1) is 0 Å². The SMILES string of the molecule is CCCNC(=O)c1cc(NC(=O)Nc2ccc(C)cc2)ccc1N1CCCC1. The molecule has 1 aliphatic heterocycles. The number of rotatable bonds is 6. The van der Waals surface area contributed by atoms with Crippen molar-refractivity contribution < 1.29 is 9.59 Å². The summed E-state index contributed by atoms with van der Waals surface area (Å²) in [6.45, 7) is 6.55. The van der Waals surface area contributed by atoms with E-state index in [-0.39, 0.29) is 11.9 Å². The van der Waals surface area contributed by atoms with Crippen LogP contribution in [-0.2, 0) is 0 Å². The van der Waals surface area contributed by atoms with Crippen molar-refractivity contribution in [3.05, 3.63) is 53.6 Å². The van der Waals surface area contributed by atoms with E-state index in [9.17, 15) is 9.59 Å². The van der Waals surface area contributed by atoms with E-state index in [1.807, 2.05) is 50.2 Å². The number of carbonyl (C=O) groups excluding carboxylic acids is 2. The third-order valence-electron chi connectivity index (χ3n) is 4.79. The average Bonchev–Trinajstić information content (AvgIpc) is 3.22. The summed E-state index contributed by atoms with van der Waals surface area (Å²) in [6.07, 6.45) is 3.14. The number of carbonyl (C=O) groups is 2. The van der Waals surface area contributed by atoms with Crippen LogP contribution in [0.4, 0.5) is 21.9 Å². The van der Waals surface area contributed by atoms with E-state index < -0.39 is 0 Å². The Bertz CT molecular complexity index is 827. The van der Waals surface area contributed by atoms with E-state index in [0.29, 0.717) is 17.8 Å². The second kappa shape index (κ2) is 9.26. The van der Waals surface area contributed by atoms with Gasteiger partial charge < -0.3 is 20.9 Å². The number of nitrogens with one attached hydrogen (secondary N) is 3. The lowest BCUT2D eigenvalue weighted by molar-refractivity contribution is 0.0954. The summed E-state index contributed by atoms with van der Waals surface area (Å²) >= 11 is 0. The lowest BCUT2D eigenvalue weighted by Gasteiger charge is -2.22. The van der Waals surface area contributed by atoms with E-state index in [1.54, 1.807) is 6.07 Å². The van der Waals surface area contributed by atoms with Crippen molar-refractivity contribution in [1.82, 2.24) is 5.32 Å². The van der Waals surface area contributed by atoms with E-state index in [1.165, 1.54) is 0 Å². The molecule has 1 saturated heterocycles. The van der Waals surface area contributed by atoms with Gasteiger partial charge in [-0.3, -0.25) is 4.79 Å². The first kappa shape index (κ1) is 19.7. The highest BCUT2D eigenvalue weighted by atomic mass is 16.2. The van der Waals surface area contributed by atoms with Crippen LogP contribution in [0.3, 0.4) is 0 Å². The molecular weight excluding hydrogens is 352 g/mol. The van der Waals surface area contributed by atoms with Crippen LogP contribution in [0.25, 0.3) is 0 Å². The Morgan fingerprint density at radius 1 is 0.964 bits per heavy atom. The second-order valence-corrected chi connectivity index (χ2v) is 7.13. The molecule has 2 aromatic carbocycles. The van der Waals surface area contributed by atoms with Gasteiger partial charge in [0.25, 0.3) is 5.91 Å². The summed E-state index contributed by atoms with van der Waals surface area (Å²) in [6, 6.07) is 12.8. The molecule has 3 rings (SSSR count). The van der Waals surface area contributed by atoms with Crippen LogP contribution >= 0.6 is 0 Å². The fraction of sp³-hybridized carbons (Fsp3) is 0.364. The summed E-state index contributed by atoms with van der Waals surface area (Å²) < 4.78 is 0. The van der Waals surface area contributed by atoms with Gasteiger partial charge >= 0.3 is 6.03 Å². The summed E-state index contributed by atoms with van der Waals surface area (Å²) in [4.78, 5) is 27.2. The summed E-state index contributed by atoms with van der Waals surface area (Å²) in [5.41, 5.74) is 3.97. The number of hydrogen-bond acceptors (Lipinski definition) is 3. The van der Waals surface area contributed by atoms with Gasteiger partial charge in [0.15, 0.2) is 0 Å². The van der Waals surface area contributed by atoms with Crippen molar-refractivity contribution in [3.8, 4) is 0 Å². The van der Waals surface area contributed by atoms with Crippen molar-refractivity contribution in [2.45, 2.75) is 33.1 Å². The van der Waals surface area contributed by atoms with Gasteiger partial charge in [-0.05, 0) is 56.5 Å². The molecule has 1 fully saturated rings. The molecule has 0 unspecified atom stereocenters. The lowest BCUT2D eigenvalue weighted by Crippen LogP contribution is -2.28. The zero-order valence-corrected chi connectivity index (χ0v) is 16.5. The Morgan fingerprint density at radius 3 is 2.29 bits per heavy atom. The van der Waals surface area contributed by atoms with E-state index in [4.69, 9.17) is 0 Å². The van der Waals surface area contributed by atoms with Gasteiger partial charge in [-0.2, -0.15) is 0 Å². The Balaban J connectivity index is 1.75. The Labute approximate surface area is 166 Å². The third kappa shape index (κ3) is 5.03. The summed E-state index contributed by atoms with van der Waals surface area (Å²) in [7, 11) is 0. The predicted molar refractivity (Wildman–Crippen MR) is 114 cm³/mol. The topological polar surface area (TPSA) is 73.5 Å². The zero-order valence-electron chi connectivity index (χ0n) is 16.5. The number of anilines is 3. The Kier molecular flexibility index (Phi) is 6.53.